The third kappa shape index (κ3) is 4.37. The third-order valence-corrected chi connectivity index (χ3v) is 6.21. The molecule has 0 spiro atoms. The number of aromatic nitrogens is 2. The molecule has 1 saturated heterocycles. The zero-order valence-corrected chi connectivity index (χ0v) is 18.6. The molecule has 1 aromatic carbocycles. The van der Waals surface area contributed by atoms with E-state index in [1.54, 1.807) is 6.20 Å². The Hall–Kier alpha value is -1.55. The summed E-state index contributed by atoms with van der Waals surface area (Å²) in [6, 6.07) is 1.86. The summed E-state index contributed by atoms with van der Waals surface area (Å²) in [7, 11) is 0. The number of rotatable bonds is 3. The highest BCUT2D eigenvalue weighted by Gasteiger charge is 2.30. The van der Waals surface area contributed by atoms with Gasteiger partial charge in [-0.15, -0.1) is 0 Å². The first-order valence-electron chi connectivity index (χ1n) is 9.38. The van der Waals surface area contributed by atoms with Crippen LogP contribution in [0.15, 0.2) is 16.7 Å². The van der Waals surface area contributed by atoms with Gasteiger partial charge in [-0.2, -0.15) is 5.10 Å². The van der Waals surface area contributed by atoms with Crippen molar-refractivity contribution in [3.63, 3.8) is 0 Å². The van der Waals surface area contributed by atoms with Crippen LogP contribution in [0.2, 0.25) is 5.02 Å². The molecule has 28 heavy (non-hydrogen) atoms. The van der Waals surface area contributed by atoms with Crippen molar-refractivity contribution in [1.82, 2.24) is 9.78 Å². The maximum atomic E-state index is 11.5. The molecule has 2 unspecified atom stereocenters. The van der Waals surface area contributed by atoms with Crippen molar-refractivity contribution in [2.24, 2.45) is 11.3 Å². The standard InChI is InChI=1S/C21H24BrClN2O3/c1-21(2,3)15(20(26)27)8-6-7-13-16(23)11-17-14(19(13)22)12-24-25(17)18-9-4-5-10-28-18/h11-12,15,18H,4-5,8-10H2,1-3H3,(H,26,27). The number of ether oxygens (including phenoxy) is 1. The van der Waals surface area contributed by atoms with E-state index in [-0.39, 0.29) is 18.1 Å². The van der Waals surface area contributed by atoms with E-state index >= 15 is 0 Å². The molecule has 2 atom stereocenters. The molecule has 1 aliphatic rings. The van der Waals surface area contributed by atoms with Gasteiger partial charge in [0.05, 0.1) is 28.2 Å². The average Bonchev–Trinajstić information content (AvgIpc) is 3.04. The van der Waals surface area contributed by atoms with E-state index in [1.807, 2.05) is 31.5 Å². The van der Waals surface area contributed by atoms with E-state index in [1.165, 1.54) is 0 Å². The molecule has 150 valence electrons. The highest BCUT2D eigenvalue weighted by molar-refractivity contribution is 9.10. The molecule has 1 fully saturated rings. The van der Waals surface area contributed by atoms with Gasteiger partial charge in [0, 0.05) is 22.9 Å². The SMILES string of the molecule is CC(C)(C)C(CC#Cc1c(Cl)cc2c(cnn2C2CCCCO2)c1Br)C(=O)O. The number of aliphatic carboxylic acids is 1. The monoisotopic (exact) mass is 466 g/mol. The molecule has 2 aromatic rings. The Bertz CT molecular complexity index is 946. The lowest BCUT2D eigenvalue weighted by molar-refractivity contribution is -0.145. The summed E-state index contributed by atoms with van der Waals surface area (Å²) < 4.78 is 8.49. The second-order valence-corrected chi connectivity index (χ2v) is 9.35. The third-order valence-electron chi connectivity index (χ3n) is 5.08. The Morgan fingerprint density at radius 3 is 2.86 bits per heavy atom. The molecule has 3 rings (SSSR count). The number of hydrogen-bond donors (Lipinski definition) is 1. The molecular weight excluding hydrogens is 444 g/mol. The minimum absolute atomic E-state index is 0.0748. The lowest BCUT2D eigenvalue weighted by Crippen LogP contribution is -2.27. The smallest absolute Gasteiger partial charge is 0.307 e. The van der Waals surface area contributed by atoms with Gasteiger partial charge in [0.1, 0.15) is 0 Å². The van der Waals surface area contributed by atoms with Crippen molar-refractivity contribution < 1.29 is 14.6 Å². The Morgan fingerprint density at radius 1 is 1.50 bits per heavy atom. The van der Waals surface area contributed by atoms with E-state index in [9.17, 15) is 9.90 Å². The number of nitrogens with zero attached hydrogens (tertiary/aromatic N) is 2. The molecule has 5 nitrogen and oxygen atoms in total. The van der Waals surface area contributed by atoms with Crippen LogP contribution in [0.25, 0.3) is 10.9 Å². The van der Waals surface area contributed by atoms with Gasteiger partial charge >= 0.3 is 5.97 Å². The Kier molecular flexibility index (Phi) is 6.38. The molecular formula is C21H24BrClN2O3. The van der Waals surface area contributed by atoms with E-state index in [0.29, 0.717) is 10.6 Å². The number of carboxylic acids is 1. The minimum atomic E-state index is -0.837. The van der Waals surface area contributed by atoms with Crippen LogP contribution >= 0.6 is 27.5 Å². The number of halogens is 2. The van der Waals surface area contributed by atoms with Gasteiger partial charge in [0.25, 0.3) is 0 Å². The maximum absolute atomic E-state index is 11.5. The van der Waals surface area contributed by atoms with E-state index in [0.717, 1.165) is 41.2 Å². The number of carboxylic acid groups (broad SMARTS) is 1. The first-order chi connectivity index (χ1) is 13.2. The molecule has 0 aliphatic carbocycles. The quantitative estimate of drug-likeness (QED) is 0.593. The van der Waals surface area contributed by atoms with Crippen LogP contribution in [0.3, 0.4) is 0 Å². The molecule has 0 radical (unpaired) electrons. The molecule has 0 saturated carbocycles. The van der Waals surface area contributed by atoms with Crippen LogP contribution in [0.5, 0.6) is 0 Å². The van der Waals surface area contributed by atoms with Gasteiger partial charge in [-0.25, -0.2) is 4.68 Å². The fraction of sp³-hybridized carbons (Fsp3) is 0.524. The molecule has 1 aromatic heterocycles. The van der Waals surface area contributed by atoms with Gasteiger partial charge in [-0.1, -0.05) is 44.2 Å². The zero-order chi connectivity index (χ0) is 20.5. The maximum Gasteiger partial charge on any atom is 0.307 e. The predicted octanol–water partition coefficient (Wildman–Crippen LogP) is 5.64. The summed E-state index contributed by atoms with van der Waals surface area (Å²) in [5.74, 6) is 4.68. The van der Waals surface area contributed by atoms with Crippen LogP contribution < -0.4 is 0 Å². The summed E-state index contributed by atoms with van der Waals surface area (Å²) in [5, 5.41) is 15.4. The van der Waals surface area contributed by atoms with Crippen molar-refractivity contribution in [2.75, 3.05) is 6.61 Å². The van der Waals surface area contributed by atoms with Crippen LogP contribution in [-0.2, 0) is 9.53 Å². The molecule has 0 amide bonds. The van der Waals surface area contributed by atoms with Gasteiger partial charge in [-0.3, -0.25) is 4.79 Å². The first-order valence-corrected chi connectivity index (χ1v) is 10.6. The second-order valence-electron chi connectivity index (χ2n) is 8.15. The van der Waals surface area contributed by atoms with Crippen molar-refractivity contribution >= 4 is 44.4 Å². The number of fused-ring (bicyclic) bond motifs is 1. The molecule has 7 heteroatoms. The minimum Gasteiger partial charge on any atom is -0.481 e. The van der Waals surface area contributed by atoms with E-state index < -0.39 is 11.9 Å². The fourth-order valence-electron chi connectivity index (χ4n) is 3.38. The van der Waals surface area contributed by atoms with Gasteiger partial charge in [0.2, 0.25) is 0 Å². The predicted molar refractivity (Wildman–Crippen MR) is 113 cm³/mol. The van der Waals surface area contributed by atoms with Crippen molar-refractivity contribution in [2.45, 2.75) is 52.7 Å². The molecule has 0 bridgehead atoms. The highest BCUT2D eigenvalue weighted by Crippen LogP contribution is 2.35. The van der Waals surface area contributed by atoms with Gasteiger partial charge < -0.3 is 9.84 Å². The zero-order valence-electron chi connectivity index (χ0n) is 16.3. The van der Waals surface area contributed by atoms with Crippen molar-refractivity contribution in [1.29, 1.82) is 0 Å². The largest absolute Gasteiger partial charge is 0.481 e. The van der Waals surface area contributed by atoms with Crippen LogP contribution in [0.4, 0.5) is 0 Å². The van der Waals surface area contributed by atoms with Crippen molar-refractivity contribution in [3.05, 3.63) is 27.3 Å². The number of hydrogen-bond acceptors (Lipinski definition) is 3. The summed E-state index contributed by atoms with van der Waals surface area (Å²) in [6.45, 7) is 6.46. The number of benzene rings is 1. The Balaban J connectivity index is 1.92. The topological polar surface area (TPSA) is 64.4 Å². The van der Waals surface area contributed by atoms with Crippen LogP contribution in [-0.4, -0.2) is 27.5 Å². The lowest BCUT2D eigenvalue weighted by atomic mass is 9.79. The van der Waals surface area contributed by atoms with E-state index in [2.05, 4.69) is 32.9 Å². The lowest BCUT2D eigenvalue weighted by Gasteiger charge is -2.25. The normalized spacial score (nSPS) is 18.5. The van der Waals surface area contributed by atoms with Crippen molar-refractivity contribution in [3.8, 4) is 11.8 Å². The van der Waals surface area contributed by atoms with Crippen LogP contribution in [0.1, 0.15) is 58.2 Å². The molecule has 1 aliphatic heterocycles. The second kappa shape index (κ2) is 8.44. The van der Waals surface area contributed by atoms with Gasteiger partial charge in [-0.05, 0) is 46.7 Å². The van der Waals surface area contributed by atoms with E-state index in [4.69, 9.17) is 16.3 Å². The molecule has 2 heterocycles. The number of carbonyl (C=O) groups is 1. The highest BCUT2D eigenvalue weighted by atomic mass is 79.9. The molecule has 1 N–H and O–H groups in total. The Morgan fingerprint density at radius 2 is 2.25 bits per heavy atom. The Labute approximate surface area is 178 Å². The summed E-state index contributed by atoms with van der Waals surface area (Å²) in [6.07, 6.45) is 5.09. The van der Waals surface area contributed by atoms with Crippen LogP contribution in [0, 0.1) is 23.2 Å². The fourth-order valence-corrected chi connectivity index (χ4v) is 4.36. The van der Waals surface area contributed by atoms with Gasteiger partial charge in [0.15, 0.2) is 6.23 Å². The summed E-state index contributed by atoms with van der Waals surface area (Å²) in [5.41, 5.74) is 1.18. The first kappa shape index (κ1) is 21.2. The average molecular weight is 468 g/mol. The summed E-state index contributed by atoms with van der Waals surface area (Å²) >= 11 is 10.1. The summed E-state index contributed by atoms with van der Waals surface area (Å²) in [4.78, 5) is 11.5.